The highest BCUT2D eigenvalue weighted by Crippen LogP contribution is 2.12. The summed E-state index contributed by atoms with van der Waals surface area (Å²) in [6, 6.07) is 2.56. The van der Waals surface area contributed by atoms with Crippen molar-refractivity contribution in [1.29, 1.82) is 0 Å². The lowest BCUT2D eigenvalue weighted by Gasteiger charge is -2.21. The van der Waals surface area contributed by atoms with Crippen LogP contribution in [0.3, 0.4) is 0 Å². The summed E-state index contributed by atoms with van der Waals surface area (Å²) in [7, 11) is 0. The van der Waals surface area contributed by atoms with Crippen molar-refractivity contribution in [2.24, 2.45) is 5.92 Å². The van der Waals surface area contributed by atoms with Gasteiger partial charge in [-0.25, -0.2) is 9.78 Å². The number of carbonyl (C=O) groups is 2. The maximum Gasteiger partial charge on any atom is 0.326 e. The lowest BCUT2D eigenvalue weighted by Crippen LogP contribution is -2.44. The number of carboxylic acids is 1. The summed E-state index contributed by atoms with van der Waals surface area (Å²) >= 11 is 0. The Morgan fingerprint density at radius 2 is 2.00 bits per heavy atom. The van der Waals surface area contributed by atoms with Crippen molar-refractivity contribution in [3.8, 4) is 0 Å². The van der Waals surface area contributed by atoms with Gasteiger partial charge in [0, 0.05) is 19.3 Å². The molecule has 2 N–H and O–H groups in total. The third kappa shape index (κ3) is 4.72. The van der Waals surface area contributed by atoms with Gasteiger partial charge in [0.25, 0.3) is 5.91 Å². The number of amides is 1. The molecule has 0 aliphatic heterocycles. The molecule has 0 bridgehead atoms. The van der Waals surface area contributed by atoms with Crippen LogP contribution in [-0.4, -0.2) is 41.1 Å². The number of nitrogens with zero attached hydrogens (tertiary/aromatic N) is 2. The quantitative estimate of drug-likeness (QED) is 0.769. The first-order chi connectivity index (χ1) is 10.4. The molecule has 6 heteroatoms. The second-order valence-electron chi connectivity index (χ2n) is 5.52. The van der Waals surface area contributed by atoms with Crippen LogP contribution in [0.2, 0.25) is 0 Å². The minimum Gasteiger partial charge on any atom is -0.480 e. The lowest BCUT2D eigenvalue weighted by molar-refractivity contribution is -0.140. The Hall–Kier alpha value is -2.11. The second-order valence-corrected chi connectivity index (χ2v) is 5.52. The van der Waals surface area contributed by atoms with Crippen molar-refractivity contribution in [1.82, 2.24) is 10.3 Å². The van der Waals surface area contributed by atoms with Gasteiger partial charge >= 0.3 is 5.97 Å². The fraction of sp³-hybridized carbons (Fsp3) is 0.562. The fourth-order valence-corrected chi connectivity index (χ4v) is 2.15. The van der Waals surface area contributed by atoms with E-state index in [4.69, 9.17) is 5.11 Å². The summed E-state index contributed by atoms with van der Waals surface area (Å²) < 4.78 is 0. The SMILES string of the molecule is CCCN(CC)c1ccc(C(=O)N[C@@H](C(=O)O)C(C)C)cn1. The molecular formula is C16H25N3O3. The third-order valence-corrected chi connectivity index (χ3v) is 3.43. The van der Waals surface area contributed by atoms with Gasteiger partial charge in [-0.1, -0.05) is 20.8 Å². The smallest absolute Gasteiger partial charge is 0.326 e. The molecule has 0 aromatic carbocycles. The Labute approximate surface area is 131 Å². The van der Waals surface area contributed by atoms with E-state index in [1.54, 1.807) is 26.0 Å². The van der Waals surface area contributed by atoms with E-state index >= 15 is 0 Å². The van der Waals surface area contributed by atoms with Crippen molar-refractivity contribution >= 4 is 17.7 Å². The Morgan fingerprint density at radius 3 is 2.41 bits per heavy atom. The number of hydrogen-bond acceptors (Lipinski definition) is 4. The van der Waals surface area contributed by atoms with E-state index in [1.165, 1.54) is 6.20 Å². The van der Waals surface area contributed by atoms with Gasteiger partial charge in [0.2, 0.25) is 0 Å². The normalized spacial score (nSPS) is 12.0. The Balaban J connectivity index is 2.81. The van der Waals surface area contributed by atoms with Gasteiger partial charge in [-0.3, -0.25) is 4.79 Å². The van der Waals surface area contributed by atoms with Crippen LogP contribution in [0.4, 0.5) is 5.82 Å². The maximum absolute atomic E-state index is 12.1. The molecule has 0 aliphatic carbocycles. The van der Waals surface area contributed by atoms with Crippen LogP contribution in [0.5, 0.6) is 0 Å². The van der Waals surface area contributed by atoms with E-state index in [0.717, 1.165) is 25.3 Å². The van der Waals surface area contributed by atoms with Crippen LogP contribution in [0.15, 0.2) is 18.3 Å². The number of rotatable bonds is 8. The van der Waals surface area contributed by atoms with Crippen molar-refractivity contribution in [2.75, 3.05) is 18.0 Å². The molecule has 1 heterocycles. The number of pyridine rings is 1. The molecule has 0 unspecified atom stereocenters. The first-order valence-corrected chi connectivity index (χ1v) is 7.65. The average molecular weight is 307 g/mol. The summed E-state index contributed by atoms with van der Waals surface area (Å²) in [6.45, 7) is 9.42. The summed E-state index contributed by atoms with van der Waals surface area (Å²) in [5.41, 5.74) is 0.364. The van der Waals surface area contributed by atoms with Gasteiger partial charge in [0.05, 0.1) is 5.56 Å². The van der Waals surface area contributed by atoms with Crippen LogP contribution < -0.4 is 10.2 Å². The van der Waals surface area contributed by atoms with E-state index in [0.29, 0.717) is 5.56 Å². The largest absolute Gasteiger partial charge is 0.480 e. The molecule has 6 nitrogen and oxygen atoms in total. The van der Waals surface area contributed by atoms with Gasteiger partial charge in [-0.2, -0.15) is 0 Å². The summed E-state index contributed by atoms with van der Waals surface area (Å²) in [5, 5.41) is 11.6. The van der Waals surface area contributed by atoms with Crippen LogP contribution in [0, 0.1) is 5.92 Å². The summed E-state index contributed by atoms with van der Waals surface area (Å²) in [4.78, 5) is 29.7. The molecule has 0 aliphatic rings. The summed E-state index contributed by atoms with van der Waals surface area (Å²) in [5.74, 6) is -0.819. The molecule has 22 heavy (non-hydrogen) atoms. The van der Waals surface area contributed by atoms with Crippen LogP contribution in [0.25, 0.3) is 0 Å². The number of carbonyl (C=O) groups excluding carboxylic acids is 1. The molecule has 122 valence electrons. The van der Waals surface area contributed by atoms with E-state index in [1.807, 2.05) is 0 Å². The third-order valence-electron chi connectivity index (χ3n) is 3.43. The molecule has 1 rings (SSSR count). The molecule has 1 aromatic heterocycles. The highest BCUT2D eigenvalue weighted by atomic mass is 16.4. The molecule has 1 atom stereocenters. The standard InChI is InChI=1S/C16H25N3O3/c1-5-9-19(6-2)13-8-7-12(10-17-13)15(20)18-14(11(3)4)16(21)22/h7-8,10-11,14H,5-6,9H2,1-4H3,(H,18,20)(H,21,22)/t14-/m1/s1. The first kappa shape index (κ1) is 17.9. The first-order valence-electron chi connectivity index (χ1n) is 7.65. The molecule has 1 amide bonds. The highest BCUT2D eigenvalue weighted by molar-refractivity contribution is 5.96. The Morgan fingerprint density at radius 1 is 1.32 bits per heavy atom. The van der Waals surface area contributed by atoms with Gasteiger partial charge < -0.3 is 15.3 Å². The van der Waals surface area contributed by atoms with Crippen LogP contribution in [0.1, 0.15) is 44.5 Å². The number of aromatic nitrogens is 1. The number of hydrogen-bond donors (Lipinski definition) is 2. The zero-order chi connectivity index (χ0) is 16.7. The topological polar surface area (TPSA) is 82.5 Å². The summed E-state index contributed by atoms with van der Waals surface area (Å²) in [6.07, 6.45) is 2.51. The van der Waals surface area contributed by atoms with E-state index in [2.05, 4.69) is 29.0 Å². The van der Waals surface area contributed by atoms with Crippen molar-refractivity contribution in [3.05, 3.63) is 23.9 Å². The zero-order valence-corrected chi connectivity index (χ0v) is 13.7. The molecule has 0 saturated heterocycles. The van der Waals surface area contributed by atoms with Crippen LogP contribution in [-0.2, 0) is 4.79 Å². The van der Waals surface area contributed by atoms with Gasteiger partial charge in [0.15, 0.2) is 0 Å². The van der Waals surface area contributed by atoms with Crippen molar-refractivity contribution in [3.63, 3.8) is 0 Å². The predicted molar refractivity (Wildman–Crippen MR) is 86.1 cm³/mol. The minimum absolute atomic E-state index is 0.186. The molecule has 0 saturated carbocycles. The van der Waals surface area contributed by atoms with Gasteiger partial charge in [-0.15, -0.1) is 0 Å². The van der Waals surface area contributed by atoms with Gasteiger partial charge in [-0.05, 0) is 31.4 Å². The molecule has 0 fully saturated rings. The second kappa shape index (κ2) is 8.36. The number of nitrogens with one attached hydrogen (secondary N) is 1. The molecule has 0 spiro atoms. The molecular weight excluding hydrogens is 282 g/mol. The van der Waals surface area contributed by atoms with Crippen LogP contribution >= 0.6 is 0 Å². The van der Waals surface area contributed by atoms with Crippen molar-refractivity contribution < 1.29 is 14.7 Å². The molecule has 0 radical (unpaired) electrons. The van der Waals surface area contributed by atoms with E-state index in [-0.39, 0.29) is 5.92 Å². The van der Waals surface area contributed by atoms with E-state index < -0.39 is 17.9 Å². The monoisotopic (exact) mass is 307 g/mol. The average Bonchev–Trinajstić information content (AvgIpc) is 2.49. The fourth-order valence-electron chi connectivity index (χ4n) is 2.15. The molecule has 1 aromatic rings. The number of aliphatic carboxylic acids is 1. The Kier molecular flexibility index (Phi) is 6.82. The highest BCUT2D eigenvalue weighted by Gasteiger charge is 2.24. The minimum atomic E-state index is -1.03. The maximum atomic E-state index is 12.1. The lowest BCUT2D eigenvalue weighted by atomic mass is 10.0. The number of carboxylic acid groups (broad SMARTS) is 1. The van der Waals surface area contributed by atoms with E-state index in [9.17, 15) is 9.59 Å². The van der Waals surface area contributed by atoms with Gasteiger partial charge in [0.1, 0.15) is 11.9 Å². The number of anilines is 1. The predicted octanol–water partition coefficient (Wildman–Crippen LogP) is 2.16. The zero-order valence-electron chi connectivity index (χ0n) is 13.7. The van der Waals surface area contributed by atoms with Crippen molar-refractivity contribution in [2.45, 2.75) is 40.2 Å². The Bertz CT molecular complexity index is 500.